The summed E-state index contributed by atoms with van der Waals surface area (Å²) in [4.78, 5) is 19.9. The van der Waals surface area contributed by atoms with Gasteiger partial charge in [0.1, 0.15) is 17.3 Å². The molecular weight excluding hydrogens is 387 g/mol. The minimum Gasteiger partial charge on any atom is -0.360 e. The number of amides is 1. The number of aryl methyl sites for hydroxylation is 1. The maximum absolute atomic E-state index is 12.9. The van der Waals surface area contributed by atoms with Gasteiger partial charge in [-0.3, -0.25) is 4.79 Å². The number of benzene rings is 1. The number of alkyl halides is 3. The zero-order valence-electron chi connectivity index (χ0n) is 13.6. The Balaban J connectivity index is 1.71. The molecule has 0 aliphatic carbocycles. The summed E-state index contributed by atoms with van der Waals surface area (Å²) in [6.07, 6.45) is -2.20. The lowest BCUT2D eigenvalue weighted by atomic mass is 10.2. The monoisotopic (exact) mass is 397 g/mol. The van der Waals surface area contributed by atoms with Crippen molar-refractivity contribution in [3.05, 3.63) is 58.7 Å². The summed E-state index contributed by atoms with van der Waals surface area (Å²) in [5, 5.41) is 8.36. The average Bonchev–Trinajstić information content (AvgIpc) is 3.01. The second-order valence-corrected chi connectivity index (χ2v) is 5.79. The zero-order valence-corrected chi connectivity index (χ0v) is 14.4. The molecule has 140 valence electrons. The molecule has 0 saturated carbocycles. The van der Waals surface area contributed by atoms with Crippen LogP contribution in [0.15, 0.2) is 41.2 Å². The van der Waals surface area contributed by atoms with Crippen molar-refractivity contribution in [2.45, 2.75) is 13.1 Å². The van der Waals surface area contributed by atoms with Gasteiger partial charge in [-0.1, -0.05) is 16.8 Å². The van der Waals surface area contributed by atoms with Gasteiger partial charge in [-0.15, -0.1) is 0 Å². The molecule has 0 spiro atoms. The molecule has 0 radical (unpaired) electrons. The maximum Gasteiger partial charge on any atom is 0.417 e. The second-order valence-electron chi connectivity index (χ2n) is 5.38. The fraction of sp³-hybridized carbons (Fsp3) is 0.125. The van der Waals surface area contributed by atoms with Crippen LogP contribution < -0.4 is 10.6 Å². The van der Waals surface area contributed by atoms with Crippen LogP contribution in [-0.2, 0) is 6.18 Å². The van der Waals surface area contributed by atoms with Gasteiger partial charge in [0.2, 0.25) is 0 Å². The highest BCUT2D eigenvalue weighted by Crippen LogP contribution is 2.36. The van der Waals surface area contributed by atoms with Crippen molar-refractivity contribution in [1.29, 1.82) is 0 Å². The van der Waals surface area contributed by atoms with Crippen LogP contribution in [0.25, 0.3) is 0 Å². The number of anilines is 3. The van der Waals surface area contributed by atoms with Gasteiger partial charge >= 0.3 is 6.18 Å². The number of rotatable bonds is 4. The van der Waals surface area contributed by atoms with Crippen LogP contribution in [0.5, 0.6) is 0 Å². The van der Waals surface area contributed by atoms with Crippen molar-refractivity contribution in [2.24, 2.45) is 0 Å². The molecule has 27 heavy (non-hydrogen) atoms. The number of hydrogen-bond acceptors (Lipinski definition) is 6. The Morgan fingerprint density at radius 1 is 1.15 bits per heavy atom. The topological polar surface area (TPSA) is 92.9 Å². The summed E-state index contributed by atoms with van der Waals surface area (Å²) in [7, 11) is 0. The van der Waals surface area contributed by atoms with Gasteiger partial charge in [0.15, 0.2) is 5.82 Å². The van der Waals surface area contributed by atoms with Gasteiger partial charge in [-0.25, -0.2) is 9.97 Å². The molecule has 3 rings (SSSR count). The number of carbonyl (C=O) groups is 1. The van der Waals surface area contributed by atoms with Crippen LogP contribution in [0.4, 0.5) is 30.5 Å². The van der Waals surface area contributed by atoms with E-state index in [0.717, 1.165) is 12.1 Å². The minimum absolute atomic E-state index is 0.00621. The molecule has 1 aromatic carbocycles. The van der Waals surface area contributed by atoms with E-state index in [2.05, 4.69) is 25.8 Å². The summed E-state index contributed by atoms with van der Waals surface area (Å²) in [6, 6.07) is 4.88. The van der Waals surface area contributed by atoms with E-state index in [0.29, 0.717) is 5.76 Å². The molecule has 2 aromatic heterocycles. The van der Waals surface area contributed by atoms with E-state index in [4.69, 9.17) is 16.1 Å². The van der Waals surface area contributed by atoms with Gasteiger partial charge < -0.3 is 15.2 Å². The van der Waals surface area contributed by atoms with Gasteiger partial charge in [0.25, 0.3) is 5.91 Å². The summed E-state index contributed by atoms with van der Waals surface area (Å²) in [6.45, 7) is 1.67. The number of nitrogens with zero attached hydrogens (tertiary/aromatic N) is 3. The molecule has 11 heteroatoms. The standard InChI is InChI=1S/C16H11ClF3N5O2/c1-8-4-13(25-27-8)24-15(26)12-6-22-14(7-21-12)23-9-2-3-11(17)10(5-9)16(18,19)20/h2-7H,1H3,(H,22,23)(H,24,25,26). The van der Waals surface area contributed by atoms with E-state index in [1.807, 2.05) is 0 Å². The van der Waals surface area contributed by atoms with Crippen molar-refractivity contribution < 1.29 is 22.5 Å². The normalized spacial score (nSPS) is 11.3. The van der Waals surface area contributed by atoms with E-state index in [1.165, 1.54) is 24.5 Å². The number of halogens is 4. The molecule has 0 fully saturated rings. The Morgan fingerprint density at radius 3 is 2.52 bits per heavy atom. The second kappa shape index (κ2) is 7.23. The fourth-order valence-corrected chi connectivity index (χ4v) is 2.31. The predicted molar refractivity (Wildman–Crippen MR) is 91.0 cm³/mol. The van der Waals surface area contributed by atoms with Gasteiger partial charge in [-0.2, -0.15) is 13.2 Å². The van der Waals surface area contributed by atoms with Crippen LogP contribution in [-0.4, -0.2) is 21.0 Å². The Kier molecular flexibility index (Phi) is 5.00. The molecule has 1 amide bonds. The van der Waals surface area contributed by atoms with Crippen LogP contribution in [0.1, 0.15) is 21.8 Å². The summed E-state index contributed by atoms with van der Waals surface area (Å²) in [5.74, 6) is 0.340. The van der Waals surface area contributed by atoms with Crippen molar-refractivity contribution >= 4 is 34.8 Å². The first kappa shape index (κ1) is 18.6. The number of aromatic nitrogens is 3. The van der Waals surface area contributed by atoms with E-state index >= 15 is 0 Å². The molecule has 3 aromatic rings. The maximum atomic E-state index is 12.9. The Morgan fingerprint density at radius 2 is 1.93 bits per heavy atom. The first-order valence-corrected chi connectivity index (χ1v) is 7.80. The Bertz CT molecular complexity index is 973. The number of nitrogens with one attached hydrogen (secondary N) is 2. The van der Waals surface area contributed by atoms with Crippen molar-refractivity contribution in [2.75, 3.05) is 10.6 Å². The smallest absolute Gasteiger partial charge is 0.360 e. The SMILES string of the molecule is Cc1cc(NC(=O)c2cnc(Nc3ccc(Cl)c(C(F)(F)F)c3)cn2)no1. The fourth-order valence-electron chi connectivity index (χ4n) is 2.08. The number of carbonyl (C=O) groups excluding carboxylic acids is 1. The highest BCUT2D eigenvalue weighted by atomic mass is 35.5. The average molecular weight is 398 g/mol. The largest absolute Gasteiger partial charge is 0.417 e. The third kappa shape index (κ3) is 4.53. The van der Waals surface area contributed by atoms with Gasteiger partial charge in [0, 0.05) is 11.8 Å². The highest BCUT2D eigenvalue weighted by Gasteiger charge is 2.33. The van der Waals surface area contributed by atoms with E-state index in [1.54, 1.807) is 6.92 Å². The van der Waals surface area contributed by atoms with E-state index < -0.39 is 22.7 Å². The molecule has 0 saturated heterocycles. The molecule has 0 aliphatic rings. The summed E-state index contributed by atoms with van der Waals surface area (Å²) < 4.78 is 43.5. The van der Waals surface area contributed by atoms with Crippen LogP contribution in [0, 0.1) is 6.92 Å². The first-order valence-electron chi connectivity index (χ1n) is 7.43. The Labute approximate surface area is 155 Å². The van der Waals surface area contributed by atoms with Gasteiger partial charge in [0.05, 0.1) is 23.0 Å². The van der Waals surface area contributed by atoms with Crippen LogP contribution in [0.2, 0.25) is 5.02 Å². The van der Waals surface area contributed by atoms with Crippen LogP contribution >= 0.6 is 11.6 Å². The first-order chi connectivity index (χ1) is 12.7. The molecule has 2 N–H and O–H groups in total. The predicted octanol–water partition coefficient (Wildman–Crippen LogP) is 4.44. The molecule has 2 heterocycles. The lowest BCUT2D eigenvalue weighted by Gasteiger charge is -2.12. The molecule has 0 bridgehead atoms. The van der Waals surface area contributed by atoms with Gasteiger partial charge in [-0.05, 0) is 25.1 Å². The van der Waals surface area contributed by atoms with E-state index in [9.17, 15) is 18.0 Å². The van der Waals surface area contributed by atoms with E-state index in [-0.39, 0.29) is 23.0 Å². The molecule has 0 aliphatic heterocycles. The molecular formula is C16H11ClF3N5O2. The quantitative estimate of drug-likeness (QED) is 0.676. The molecule has 0 unspecified atom stereocenters. The van der Waals surface area contributed by atoms with Crippen molar-refractivity contribution in [1.82, 2.24) is 15.1 Å². The van der Waals surface area contributed by atoms with Crippen LogP contribution in [0.3, 0.4) is 0 Å². The van der Waals surface area contributed by atoms with Crippen molar-refractivity contribution in [3.63, 3.8) is 0 Å². The highest BCUT2D eigenvalue weighted by molar-refractivity contribution is 6.31. The van der Waals surface area contributed by atoms with Crippen molar-refractivity contribution in [3.8, 4) is 0 Å². The summed E-state index contributed by atoms with van der Waals surface area (Å²) in [5.41, 5.74) is -0.856. The minimum atomic E-state index is -4.58. The third-order valence-corrected chi connectivity index (χ3v) is 3.63. The zero-order chi connectivity index (χ0) is 19.6. The molecule has 7 nitrogen and oxygen atoms in total. The molecule has 0 atom stereocenters. The Hall–Kier alpha value is -3.14. The summed E-state index contributed by atoms with van der Waals surface area (Å²) >= 11 is 5.58. The third-order valence-electron chi connectivity index (χ3n) is 3.30. The number of hydrogen-bond donors (Lipinski definition) is 2. The lowest BCUT2D eigenvalue weighted by Crippen LogP contribution is -2.14. The lowest BCUT2D eigenvalue weighted by molar-refractivity contribution is -0.137.